The fourth-order valence-electron chi connectivity index (χ4n) is 1.42. The molecule has 0 aliphatic rings. The Morgan fingerprint density at radius 2 is 2.06 bits per heavy atom. The van der Waals surface area contributed by atoms with E-state index in [1.165, 1.54) is 0 Å². The molecule has 18 heavy (non-hydrogen) atoms. The lowest BCUT2D eigenvalue weighted by molar-refractivity contribution is -0.124. The van der Waals surface area contributed by atoms with Gasteiger partial charge in [-0.1, -0.05) is 12.1 Å². The molecule has 0 bridgehead atoms. The summed E-state index contributed by atoms with van der Waals surface area (Å²) in [4.78, 5) is 22.8. The van der Waals surface area contributed by atoms with Crippen molar-refractivity contribution in [1.29, 1.82) is 0 Å². The van der Waals surface area contributed by atoms with E-state index in [1.807, 2.05) is 25.1 Å². The molecule has 0 heterocycles. The highest BCUT2D eigenvalue weighted by Crippen LogP contribution is 2.08. The molecule has 98 valence electrons. The summed E-state index contributed by atoms with van der Waals surface area (Å²) >= 11 is 5.47. The van der Waals surface area contributed by atoms with Crippen LogP contribution >= 0.6 is 11.6 Å². The van der Waals surface area contributed by atoms with Gasteiger partial charge in [-0.15, -0.1) is 11.6 Å². The minimum atomic E-state index is -0.236. The number of carbonyl (C=O) groups is 2. The van der Waals surface area contributed by atoms with Gasteiger partial charge in [0.15, 0.2) is 0 Å². The normalized spacial score (nSPS) is 9.89. The Labute approximate surface area is 112 Å². The summed E-state index contributed by atoms with van der Waals surface area (Å²) < 4.78 is 0. The molecule has 0 atom stereocenters. The molecular formula is C13H17ClN2O2. The van der Waals surface area contributed by atoms with Gasteiger partial charge in [-0.05, 0) is 31.0 Å². The average molecular weight is 269 g/mol. The molecule has 0 saturated carbocycles. The van der Waals surface area contributed by atoms with Crippen molar-refractivity contribution in [1.82, 2.24) is 5.32 Å². The smallest absolute Gasteiger partial charge is 0.243 e. The zero-order valence-electron chi connectivity index (χ0n) is 10.3. The van der Waals surface area contributed by atoms with Gasteiger partial charge in [0, 0.05) is 18.0 Å². The van der Waals surface area contributed by atoms with E-state index < -0.39 is 0 Å². The molecule has 0 aliphatic heterocycles. The first kappa shape index (κ1) is 14.5. The molecule has 1 rings (SSSR count). The molecule has 2 N–H and O–H groups in total. The van der Waals surface area contributed by atoms with Crippen LogP contribution in [0.1, 0.15) is 18.4 Å². The summed E-state index contributed by atoms with van der Waals surface area (Å²) in [6, 6.07) is 7.49. The maximum atomic E-state index is 11.6. The Kier molecular flexibility index (Phi) is 6.22. The standard InChI is InChI=1S/C13H17ClN2O2/c1-10-4-2-5-11(8-10)16-13(18)9-15-12(17)6-3-7-14/h2,4-5,8H,3,6-7,9H2,1H3,(H,15,17)(H,16,18). The van der Waals surface area contributed by atoms with Crippen LogP contribution in [0.4, 0.5) is 5.69 Å². The lowest BCUT2D eigenvalue weighted by atomic mass is 10.2. The molecule has 2 amide bonds. The summed E-state index contributed by atoms with van der Waals surface area (Å²) in [5, 5.41) is 5.26. The second-order valence-corrected chi connectivity index (χ2v) is 4.36. The number of benzene rings is 1. The van der Waals surface area contributed by atoms with Crippen LogP contribution in [0.15, 0.2) is 24.3 Å². The summed E-state index contributed by atoms with van der Waals surface area (Å²) in [5.41, 5.74) is 1.80. The molecule has 1 aromatic carbocycles. The van der Waals surface area contributed by atoms with Gasteiger partial charge in [-0.25, -0.2) is 0 Å². The zero-order chi connectivity index (χ0) is 13.4. The van der Waals surface area contributed by atoms with E-state index in [4.69, 9.17) is 11.6 Å². The minimum Gasteiger partial charge on any atom is -0.347 e. The van der Waals surface area contributed by atoms with Crippen molar-refractivity contribution in [3.8, 4) is 0 Å². The zero-order valence-corrected chi connectivity index (χ0v) is 11.1. The number of halogens is 1. The largest absolute Gasteiger partial charge is 0.347 e. The van der Waals surface area contributed by atoms with Crippen molar-refractivity contribution in [2.45, 2.75) is 19.8 Å². The lowest BCUT2D eigenvalue weighted by Crippen LogP contribution is -2.32. The summed E-state index contributed by atoms with van der Waals surface area (Å²) in [6.45, 7) is 1.93. The van der Waals surface area contributed by atoms with E-state index in [1.54, 1.807) is 6.07 Å². The van der Waals surface area contributed by atoms with Gasteiger partial charge in [-0.3, -0.25) is 9.59 Å². The molecule has 5 heteroatoms. The molecule has 0 fully saturated rings. The van der Waals surface area contributed by atoms with Gasteiger partial charge in [0.25, 0.3) is 0 Å². The molecule has 1 aromatic rings. The highest BCUT2D eigenvalue weighted by atomic mass is 35.5. The van der Waals surface area contributed by atoms with Gasteiger partial charge in [0.05, 0.1) is 6.54 Å². The third kappa shape index (κ3) is 5.68. The first-order valence-electron chi connectivity index (χ1n) is 5.81. The van der Waals surface area contributed by atoms with Crippen LogP contribution in [0.25, 0.3) is 0 Å². The van der Waals surface area contributed by atoms with Crippen LogP contribution in [0.3, 0.4) is 0 Å². The Morgan fingerprint density at radius 3 is 2.72 bits per heavy atom. The van der Waals surface area contributed by atoms with Crippen molar-refractivity contribution in [3.63, 3.8) is 0 Å². The first-order valence-corrected chi connectivity index (χ1v) is 6.34. The first-order chi connectivity index (χ1) is 8.61. The van der Waals surface area contributed by atoms with Gasteiger partial charge in [-0.2, -0.15) is 0 Å². The van der Waals surface area contributed by atoms with Crippen LogP contribution < -0.4 is 10.6 Å². The van der Waals surface area contributed by atoms with E-state index >= 15 is 0 Å². The molecular weight excluding hydrogens is 252 g/mol. The van der Waals surface area contributed by atoms with E-state index in [2.05, 4.69) is 10.6 Å². The van der Waals surface area contributed by atoms with Gasteiger partial charge in [0.2, 0.25) is 11.8 Å². The highest BCUT2D eigenvalue weighted by Gasteiger charge is 2.05. The lowest BCUT2D eigenvalue weighted by Gasteiger charge is -2.07. The fourth-order valence-corrected chi connectivity index (χ4v) is 1.56. The number of aryl methyl sites for hydroxylation is 1. The Balaban J connectivity index is 2.31. The Morgan fingerprint density at radius 1 is 1.28 bits per heavy atom. The van der Waals surface area contributed by atoms with Crippen molar-refractivity contribution in [3.05, 3.63) is 29.8 Å². The number of amides is 2. The molecule has 0 saturated heterocycles. The van der Waals surface area contributed by atoms with Crippen molar-refractivity contribution >= 4 is 29.1 Å². The average Bonchev–Trinajstić information content (AvgIpc) is 2.34. The second-order valence-electron chi connectivity index (χ2n) is 3.99. The Hall–Kier alpha value is -1.55. The maximum Gasteiger partial charge on any atom is 0.243 e. The van der Waals surface area contributed by atoms with Crippen molar-refractivity contribution in [2.24, 2.45) is 0 Å². The number of hydrogen-bond acceptors (Lipinski definition) is 2. The highest BCUT2D eigenvalue weighted by molar-refractivity contribution is 6.17. The second kappa shape index (κ2) is 7.71. The third-order valence-electron chi connectivity index (χ3n) is 2.29. The molecule has 0 aliphatic carbocycles. The quantitative estimate of drug-likeness (QED) is 0.776. The van der Waals surface area contributed by atoms with E-state index in [-0.39, 0.29) is 18.4 Å². The van der Waals surface area contributed by atoms with E-state index in [9.17, 15) is 9.59 Å². The van der Waals surface area contributed by atoms with Crippen molar-refractivity contribution in [2.75, 3.05) is 17.7 Å². The fraction of sp³-hybridized carbons (Fsp3) is 0.385. The molecule has 0 radical (unpaired) electrons. The summed E-state index contributed by atoms with van der Waals surface area (Å²) in [7, 11) is 0. The number of rotatable bonds is 6. The number of alkyl halides is 1. The minimum absolute atomic E-state index is 0.0188. The third-order valence-corrected chi connectivity index (χ3v) is 2.55. The van der Waals surface area contributed by atoms with Crippen LogP contribution in [-0.4, -0.2) is 24.2 Å². The molecule has 4 nitrogen and oxygen atoms in total. The molecule has 0 spiro atoms. The van der Waals surface area contributed by atoms with E-state index in [0.717, 1.165) is 11.3 Å². The topological polar surface area (TPSA) is 58.2 Å². The van der Waals surface area contributed by atoms with Gasteiger partial charge < -0.3 is 10.6 Å². The number of hydrogen-bond donors (Lipinski definition) is 2. The maximum absolute atomic E-state index is 11.6. The van der Waals surface area contributed by atoms with Crippen LogP contribution in [0.2, 0.25) is 0 Å². The van der Waals surface area contributed by atoms with Crippen LogP contribution in [0.5, 0.6) is 0 Å². The number of carbonyl (C=O) groups excluding carboxylic acids is 2. The van der Waals surface area contributed by atoms with Gasteiger partial charge in [0.1, 0.15) is 0 Å². The molecule has 0 aromatic heterocycles. The monoisotopic (exact) mass is 268 g/mol. The predicted octanol–water partition coefficient (Wildman–Crippen LogP) is 2.07. The SMILES string of the molecule is Cc1cccc(NC(=O)CNC(=O)CCCCl)c1. The summed E-state index contributed by atoms with van der Waals surface area (Å²) in [5.74, 6) is 0.0537. The van der Waals surface area contributed by atoms with Crippen molar-refractivity contribution < 1.29 is 9.59 Å². The summed E-state index contributed by atoms with van der Waals surface area (Å²) in [6.07, 6.45) is 0.966. The van der Waals surface area contributed by atoms with Crippen LogP contribution in [-0.2, 0) is 9.59 Å². The van der Waals surface area contributed by atoms with Gasteiger partial charge >= 0.3 is 0 Å². The predicted molar refractivity (Wildman–Crippen MR) is 72.8 cm³/mol. The number of nitrogens with one attached hydrogen (secondary N) is 2. The Bertz CT molecular complexity index is 421. The molecule has 0 unspecified atom stereocenters. The van der Waals surface area contributed by atoms with Crippen LogP contribution in [0, 0.1) is 6.92 Å². The number of anilines is 1. The van der Waals surface area contributed by atoms with E-state index in [0.29, 0.717) is 18.7 Å².